The normalized spacial score (nSPS) is 10.1. The molecule has 0 bridgehead atoms. The third kappa shape index (κ3) is 3.55. The number of hydrogen-bond donors (Lipinski definition) is 2. The van der Waals surface area contributed by atoms with E-state index in [-0.39, 0.29) is 12.3 Å². The van der Waals surface area contributed by atoms with E-state index in [1.165, 1.54) is 0 Å². The Balaban J connectivity index is 2.71. The van der Waals surface area contributed by atoms with Gasteiger partial charge in [0.25, 0.3) is 0 Å². The maximum atomic E-state index is 10.6. The molecule has 1 aromatic carbocycles. The van der Waals surface area contributed by atoms with Gasteiger partial charge in [-0.3, -0.25) is 4.79 Å². The van der Waals surface area contributed by atoms with Crippen LogP contribution in [0.25, 0.3) is 0 Å². The van der Waals surface area contributed by atoms with Gasteiger partial charge in [0.05, 0.1) is 13.0 Å². The van der Waals surface area contributed by atoms with Crippen LogP contribution in [0.1, 0.15) is 17.5 Å². The molecule has 0 aromatic heterocycles. The SMILES string of the molecule is Cc1cccc(CCN)c1OCCC(N)=O. The standard InChI is InChI=1S/C12H18N2O2/c1-9-3-2-4-10(5-7-13)12(9)16-8-6-11(14)15/h2-4H,5-8,13H2,1H3,(H2,14,15). The predicted octanol–water partition coefficient (Wildman–Crippen LogP) is 0.750. The molecule has 0 fully saturated rings. The Labute approximate surface area is 95.6 Å². The van der Waals surface area contributed by atoms with Crippen LogP contribution < -0.4 is 16.2 Å². The molecular formula is C12H18N2O2. The van der Waals surface area contributed by atoms with Crippen LogP contribution in [-0.2, 0) is 11.2 Å². The summed E-state index contributed by atoms with van der Waals surface area (Å²) in [6.07, 6.45) is 1.00. The highest BCUT2D eigenvalue weighted by atomic mass is 16.5. The van der Waals surface area contributed by atoms with Gasteiger partial charge in [-0.1, -0.05) is 18.2 Å². The van der Waals surface area contributed by atoms with Gasteiger partial charge in [-0.15, -0.1) is 0 Å². The minimum absolute atomic E-state index is 0.233. The Morgan fingerprint density at radius 1 is 1.44 bits per heavy atom. The van der Waals surface area contributed by atoms with Gasteiger partial charge in [-0.2, -0.15) is 0 Å². The van der Waals surface area contributed by atoms with Gasteiger partial charge in [-0.25, -0.2) is 0 Å². The molecule has 0 aliphatic rings. The Bertz CT molecular complexity index is 364. The lowest BCUT2D eigenvalue weighted by Crippen LogP contribution is -2.15. The average Bonchev–Trinajstić information content (AvgIpc) is 2.22. The lowest BCUT2D eigenvalue weighted by molar-refractivity contribution is -0.118. The predicted molar refractivity (Wildman–Crippen MR) is 63.2 cm³/mol. The van der Waals surface area contributed by atoms with Crippen molar-refractivity contribution in [3.8, 4) is 5.75 Å². The first-order valence-corrected chi connectivity index (χ1v) is 5.34. The van der Waals surface area contributed by atoms with E-state index >= 15 is 0 Å². The van der Waals surface area contributed by atoms with E-state index in [1.807, 2.05) is 25.1 Å². The van der Waals surface area contributed by atoms with E-state index in [1.54, 1.807) is 0 Å². The van der Waals surface area contributed by atoms with Crippen LogP contribution in [0.15, 0.2) is 18.2 Å². The van der Waals surface area contributed by atoms with Crippen LogP contribution in [0.3, 0.4) is 0 Å². The fraction of sp³-hybridized carbons (Fsp3) is 0.417. The van der Waals surface area contributed by atoms with E-state index in [4.69, 9.17) is 16.2 Å². The number of carbonyl (C=O) groups is 1. The highest BCUT2D eigenvalue weighted by Gasteiger charge is 2.06. The molecular weight excluding hydrogens is 204 g/mol. The molecule has 0 radical (unpaired) electrons. The average molecular weight is 222 g/mol. The summed E-state index contributed by atoms with van der Waals surface area (Å²) in [6, 6.07) is 5.93. The summed E-state index contributed by atoms with van der Waals surface area (Å²) in [5, 5.41) is 0. The molecule has 0 aliphatic heterocycles. The number of carbonyl (C=O) groups excluding carboxylic acids is 1. The molecule has 0 saturated carbocycles. The second-order valence-electron chi connectivity index (χ2n) is 3.67. The first kappa shape index (κ1) is 12.5. The largest absolute Gasteiger partial charge is 0.492 e. The van der Waals surface area contributed by atoms with Crippen LogP contribution in [0, 0.1) is 6.92 Å². The van der Waals surface area contributed by atoms with Gasteiger partial charge in [-0.05, 0) is 31.0 Å². The molecule has 0 saturated heterocycles. The van der Waals surface area contributed by atoms with Crippen molar-refractivity contribution in [2.24, 2.45) is 11.5 Å². The molecule has 0 unspecified atom stereocenters. The molecule has 4 heteroatoms. The maximum Gasteiger partial charge on any atom is 0.220 e. The molecule has 0 atom stereocenters. The van der Waals surface area contributed by atoms with Gasteiger partial charge in [0, 0.05) is 0 Å². The van der Waals surface area contributed by atoms with Gasteiger partial charge < -0.3 is 16.2 Å². The van der Waals surface area contributed by atoms with E-state index in [9.17, 15) is 4.79 Å². The van der Waals surface area contributed by atoms with E-state index < -0.39 is 0 Å². The molecule has 1 rings (SSSR count). The smallest absolute Gasteiger partial charge is 0.220 e. The maximum absolute atomic E-state index is 10.6. The number of rotatable bonds is 6. The third-order valence-electron chi connectivity index (χ3n) is 2.30. The number of hydrogen-bond acceptors (Lipinski definition) is 3. The van der Waals surface area contributed by atoms with Crippen LogP contribution in [0.2, 0.25) is 0 Å². The second-order valence-corrected chi connectivity index (χ2v) is 3.67. The van der Waals surface area contributed by atoms with Crippen LogP contribution >= 0.6 is 0 Å². The van der Waals surface area contributed by atoms with Crippen molar-refractivity contribution in [1.82, 2.24) is 0 Å². The van der Waals surface area contributed by atoms with E-state index in [0.717, 1.165) is 23.3 Å². The summed E-state index contributed by atoms with van der Waals surface area (Å²) < 4.78 is 5.57. The summed E-state index contributed by atoms with van der Waals surface area (Å²) in [7, 11) is 0. The topological polar surface area (TPSA) is 78.3 Å². The number of ether oxygens (including phenoxy) is 1. The number of benzene rings is 1. The molecule has 0 spiro atoms. The monoisotopic (exact) mass is 222 g/mol. The van der Waals surface area contributed by atoms with Crippen molar-refractivity contribution in [1.29, 1.82) is 0 Å². The quantitative estimate of drug-likeness (QED) is 0.745. The van der Waals surface area contributed by atoms with Gasteiger partial charge in [0.15, 0.2) is 0 Å². The Morgan fingerprint density at radius 3 is 2.81 bits per heavy atom. The zero-order valence-corrected chi connectivity index (χ0v) is 9.53. The first-order valence-electron chi connectivity index (χ1n) is 5.34. The molecule has 0 heterocycles. The lowest BCUT2D eigenvalue weighted by Gasteiger charge is -2.13. The summed E-state index contributed by atoms with van der Waals surface area (Å²) in [4.78, 5) is 10.6. The molecule has 16 heavy (non-hydrogen) atoms. The number of amides is 1. The van der Waals surface area contributed by atoms with Crippen molar-refractivity contribution in [2.75, 3.05) is 13.2 Å². The first-order chi connectivity index (χ1) is 7.65. The Kier molecular flexibility index (Phi) is 4.79. The number of aryl methyl sites for hydroxylation is 1. The highest BCUT2D eigenvalue weighted by Crippen LogP contribution is 2.23. The van der Waals surface area contributed by atoms with Crippen LogP contribution in [0.4, 0.5) is 0 Å². The molecule has 1 amide bonds. The zero-order chi connectivity index (χ0) is 12.0. The molecule has 4 nitrogen and oxygen atoms in total. The van der Waals surface area contributed by atoms with Crippen molar-refractivity contribution in [2.45, 2.75) is 19.8 Å². The van der Waals surface area contributed by atoms with Crippen molar-refractivity contribution in [3.63, 3.8) is 0 Å². The van der Waals surface area contributed by atoms with Crippen molar-refractivity contribution >= 4 is 5.91 Å². The van der Waals surface area contributed by atoms with Gasteiger partial charge in [0.1, 0.15) is 5.75 Å². The van der Waals surface area contributed by atoms with Crippen molar-refractivity contribution < 1.29 is 9.53 Å². The van der Waals surface area contributed by atoms with Gasteiger partial charge in [0.2, 0.25) is 5.91 Å². The fourth-order valence-corrected chi connectivity index (χ4v) is 1.53. The van der Waals surface area contributed by atoms with E-state index in [0.29, 0.717) is 13.2 Å². The Hall–Kier alpha value is -1.55. The summed E-state index contributed by atoms with van der Waals surface area (Å²) in [5.41, 5.74) is 12.7. The minimum Gasteiger partial charge on any atom is -0.492 e. The summed E-state index contributed by atoms with van der Waals surface area (Å²) in [5.74, 6) is 0.475. The number of primary amides is 1. The van der Waals surface area contributed by atoms with Crippen LogP contribution in [-0.4, -0.2) is 19.1 Å². The van der Waals surface area contributed by atoms with Crippen LogP contribution in [0.5, 0.6) is 5.75 Å². The number of para-hydroxylation sites is 1. The minimum atomic E-state index is -0.353. The van der Waals surface area contributed by atoms with E-state index in [2.05, 4.69) is 0 Å². The molecule has 0 aliphatic carbocycles. The highest BCUT2D eigenvalue weighted by molar-refractivity contribution is 5.73. The van der Waals surface area contributed by atoms with Crippen molar-refractivity contribution in [3.05, 3.63) is 29.3 Å². The molecule has 4 N–H and O–H groups in total. The zero-order valence-electron chi connectivity index (χ0n) is 9.53. The second kappa shape index (κ2) is 6.12. The van der Waals surface area contributed by atoms with Gasteiger partial charge >= 0.3 is 0 Å². The number of nitrogens with two attached hydrogens (primary N) is 2. The molecule has 88 valence electrons. The summed E-state index contributed by atoms with van der Waals surface area (Å²) in [6.45, 7) is 2.87. The fourth-order valence-electron chi connectivity index (χ4n) is 1.53. The third-order valence-corrected chi connectivity index (χ3v) is 2.30. The summed E-state index contributed by atoms with van der Waals surface area (Å²) >= 11 is 0. The lowest BCUT2D eigenvalue weighted by atomic mass is 10.1. The Morgan fingerprint density at radius 2 is 2.19 bits per heavy atom. The molecule has 1 aromatic rings.